The maximum Gasteiger partial charge on any atom is 0.416 e. The first kappa shape index (κ1) is 24.8. The zero-order valence-corrected chi connectivity index (χ0v) is 17.8. The minimum Gasteiger partial charge on any atom is -0.456 e. The van der Waals surface area contributed by atoms with E-state index >= 15 is 0 Å². The molecule has 1 aromatic rings. The number of hydrogen-bond acceptors (Lipinski definition) is 6. The van der Waals surface area contributed by atoms with Crippen molar-refractivity contribution >= 4 is 17.9 Å². The number of nitrogens with one attached hydrogen (secondary N) is 4. The number of benzene rings is 1. The molecule has 3 fully saturated rings. The van der Waals surface area contributed by atoms with Crippen molar-refractivity contribution in [1.82, 2.24) is 20.6 Å². The number of hydrogen-bond donors (Lipinski definition) is 6. The van der Waals surface area contributed by atoms with Gasteiger partial charge in [-0.05, 0) is 18.2 Å². The molecule has 1 spiro atoms. The SMILES string of the molecule is C[C@@H]1[C@@H](OC(=O)c2cc(C(F)(F)F)cc(C(F)(F)F)c2)CN2C(=N)N[C@@H](CO)C3NC(=N)N(O)C312. The van der Waals surface area contributed by atoms with E-state index in [0.29, 0.717) is 5.06 Å². The number of carbonyl (C=O) groups is 1. The molecule has 35 heavy (non-hydrogen) atoms. The monoisotopic (exact) mass is 510 g/mol. The van der Waals surface area contributed by atoms with Crippen LogP contribution in [0.25, 0.3) is 0 Å². The van der Waals surface area contributed by atoms with E-state index in [1.54, 1.807) is 0 Å². The van der Waals surface area contributed by atoms with E-state index in [0.717, 1.165) is 0 Å². The second kappa shape index (κ2) is 7.87. The number of esters is 1. The summed E-state index contributed by atoms with van der Waals surface area (Å²) in [5, 5.41) is 42.5. The lowest BCUT2D eigenvalue weighted by molar-refractivity contribution is -0.170. The summed E-state index contributed by atoms with van der Waals surface area (Å²) in [4.78, 5) is 14.0. The van der Waals surface area contributed by atoms with E-state index in [4.69, 9.17) is 15.6 Å². The fraction of sp³-hybridized carbons (Fsp3) is 0.526. The van der Waals surface area contributed by atoms with Crippen LogP contribution in [0.4, 0.5) is 26.3 Å². The summed E-state index contributed by atoms with van der Waals surface area (Å²) in [6.45, 7) is 0.706. The number of guanidine groups is 2. The Morgan fingerprint density at radius 3 is 2.20 bits per heavy atom. The Morgan fingerprint density at radius 1 is 1.11 bits per heavy atom. The van der Waals surface area contributed by atoms with Crippen molar-refractivity contribution in [2.75, 3.05) is 13.2 Å². The number of nitrogens with zero attached hydrogens (tertiary/aromatic N) is 2. The average molecular weight is 510 g/mol. The lowest BCUT2D eigenvalue weighted by Gasteiger charge is -2.51. The van der Waals surface area contributed by atoms with Gasteiger partial charge in [0.1, 0.15) is 6.10 Å². The summed E-state index contributed by atoms with van der Waals surface area (Å²) in [6, 6.07) is -1.33. The van der Waals surface area contributed by atoms with Crippen LogP contribution in [0.15, 0.2) is 18.2 Å². The molecule has 2 unspecified atom stereocenters. The van der Waals surface area contributed by atoms with Crippen LogP contribution >= 0.6 is 0 Å². The lowest BCUT2D eigenvalue weighted by atomic mass is 9.82. The van der Waals surface area contributed by atoms with E-state index < -0.39 is 77.3 Å². The van der Waals surface area contributed by atoms with Crippen molar-refractivity contribution in [3.8, 4) is 0 Å². The van der Waals surface area contributed by atoms with Crippen molar-refractivity contribution in [2.24, 2.45) is 5.92 Å². The van der Waals surface area contributed by atoms with Crippen LogP contribution in [0, 0.1) is 16.7 Å². The molecule has 16 heteroatoms. The van der Waals surface area contributed by atoms with Gasteiger partial charge in [-0.3, -0.25) is 16.0 Å². The van der Waals surface area contributed by atoms with Gasteiger partial charge in [-0.25, -0.2) is 4.79 Å². The number of aliphatic hydroxyl groups excluding tert-OH is 1. The summed E-state index contributed by atoms with van der Waals surface area (Å²) in [7, 11) is 0. The smallest absolute Gasteiger partial charge is 0.416 e. The van der Waals surface area contributed by atoms with Gasteiger partial charge in [0.05, 0.1) is 41.9 Å². The van der Waals surface area contributed by atoms with Crippen LogP contribution < -0.4 is 10.6 Å². The number of ether oxygens (including phenoxy) is 1. The maximum absolute atomic E-state index is 13.2. The van der Waals surface area contributed by atoms with Crippen LogP contribution in [0.1, 0.15) is 28.4 Å². The molecule has 0 saturated carbocycles. The maximum atomic E-state index is 13.2. The van der Waals surface area contributed by atoms with Gasteiger partial charge >= 0.3 is 18.3 Å². The molecule has 3 saturated heterocycles. The fourth-order valence-electron chi connectivity index (χ4n) is 4.96. The molecular weight excluding hydrogens is 490 g/mol. The normalized spacial score (nSPS) is 30.5. The second-order valence-corrected chi connectivity index (χ2v) is 8.49. The predicted molar refractivity (Wildman–Crippen MR) is 104 cm³/mol. The van der Waals surface area contributed by atoms with Gasteiger partial charge in [0, 0.05) is 5.92 Å². The highest BCUT2D eigenvalue weighted by atomic mass is 19.4. The summed E-state index contributed by atoms with van der Waals surface area (Å²) >= 11 is 0. The molecule has 0 aliphatic carbocycles. The number of alkyl halides is 6. The zero-order valence-electron chi connectivity index (χ0n) is 17.8. The topological polar surface area (TPSA) is 145 Å². The molecule has 3 aliphatic rings. The van der Waals surface area contributed by atoms with Crippen molar-refractivity contribution in [3.63, 3.8) is 0 Å². The summed E-state index contributed by atoms with van der Waals surface area (Å²) in [5.74, 6) is -3.14. The number of carbonyl (C=O) groups excluding carboxylic acids is 1. The van der Waals surface area contributed by atoms with E-state index in [-0.39, 0.29) is 30.7 Å². The van der Waals surface area contributed by atoms with Gasteiger partial charge in [0.15, 0.2) is 11.6 Å². The molecule has 0 aromatic heterocycles. The summed E-state index contributed by atoms with van der Waals surface area (Å²) < 4.78 is 84.3. The van der Waals surface area contributed by atoms with E-state index in [2.05, 4.69) is 10.6 Å². The van der Waals surface area contributed by atoms with Crippen LogP contribution in [0.2, 0.25) is 0 Å². The highest BCUT2D eigenvalue weighted by Crippen LogP contribution is 2.46. The zero-order chi connectivity index (χ0) is 26.1. The van der Waals surface area contributed by atoms with Gasteiger partial charge in [-0.15, -0.1) is 0 Å². The Hall–Kier alpha value is -3.27. The Bertz CT molecular complexity index is 1050. The molecular formula is C19H20F6N6O4. The molecule has 6 N–H and O–H groups in total. The fourth-order valence-corrected chi connectivity index (χ4v) is 4.96. The Kier molecular flexibility index (Phi) is 5.59. The molecule has 10 nitrogen and oxygen atoms in total. The molecule has 0 bridgehead atoms. The predicted octanol–water partition coefficient (Wildman–Crippen LogP) is 1.39. The summed E-state index contributed by atoms with van der Waals surface area (Å²) in [5.41, 5.74) is -5.93. The summed E-state index contributed by atoms with van der Waals surface area (Å²) in [6.07, 6.45) is -11.5. The Balaban J connectivity index is 1.68. The largest absolute Gasteiger partial charge is 0.456 e. The van der Waals surface area contributed by atoms with Crippen LogP contribution in [-0.2, 0) is 17.1 Å². The third-order valence-corrected chi connectivity index (χ3v) is 6.60. The number of rotatable bonds is 3. The highest BCUT2D eigenvalue weighted by molar-refractivity contribution is 5.90. The average Bonchev–Trinajstić information content (AvgIpc) is 3.21. The minimum absolute atomic E-state index is 0.111. The third-order valence-electron chi connectivity index (χ3n) is 6.60. The molecule has 4 rings (SSSR count). The van der Waals surface area contributed by atoms with Crippen molar-refractivity contribution in [3.05, 3.63) is 34.9 Å². The van der Waals surface area contributed by atoms with Gasteiger partial charge in [0.25, 0.3) is 0 Å². The van der Waals surface area contributed by atoms with Gasteiger partial charge in [-0.2, -0.15) is 31.4 Å². The molecule has 3 aliphatic heterocycles. The van der Waals surface area contributed by atoms with Gasteiger partial charge < -0.3 is 25.4 Å². The Labute approximate surface area is 193 Å². The molecule has 192 valence electrons. The van der Waals surface area contributed by atoms with Gasteiger partial charge in [0.2, 0.25) is 5.96 Å². The first-order chi connectivity index (χ1) is 16.1. The van der Waals surface area contributed by atoms with E-state index in [1.807, 2.05) is 0 Å². The van der Waals surface area contributed by atoms with Crippen molar-refractivity contribution in [1.29, 1.82) is 10.8 Å². The van der Waals surface area contributed by atoms with Crippen LogP contribution in [0.3, 0.4) is 0 Å². The molecule has 5 atom stereocenters. The molecule has 0 radical (unpaired) electrons. The standard InChI is InChI=1S/C19H20F6N6O4/c1-7-12(5-30-15(26)28-11(6-32)13-17(7,30)31(34)16(27)29-13)35-14(33)8-2-9(18(20,21)22)4-10(3-8)19(23,24)25/h2-4,7,11-13,32,34H,5-6H2,1H3,(H2,26,28)(H2,27,29)/t7-,11+,12+,13?,17?/m1/s1. The van der Waals surface area contributed by atoms with Crippen LogP contribution in [-0.4, -0.2) is 75.2 Å². The van der Waals surface area contributed by atoms with Crippen LogP contribution in [0.5, 0.6) is 0 Å². The number of hydroxylamine groups is 2. The van der Waals surface area contributed by atoms with Crippen molar-refractivity contribution < 1.29 is 46.2 Å². The minimum atomic E-state index is -5.16. The Morgan fingerprint density at radius 2 is 1.69 bits per heavy atom. The third kappa shape index (κ3) is 3.71. The van der Waals surface area contributed by atoms with E-state index in [9.17, 15) is 41.5 Å². The van der Waals surface area contributed by atoms with Crippen molar-refractivity contribution in [2.45, 2.75) is 43.1 Å². The van der Waals surface area contributed by atoms with E-state index in [1.165, 1.54) is 11.8 Å². The number of aliphatic hydroxyl groups is 1. The second-order valence-electron chi connectivity index (χ2n) is 8.49. The highest BCUT2D eigenvalue weighted by Gasteiger charge is 2.69. The van der Waals surface area contributed by atoms with Gasteiger partial charge in [-0.1, -0.05) is 6.92 Å². The first-order valence-electron chi connectivity index (χ1n) is 10.2. The molecule has 3 heterocycles. The lowest BCUT2D eigenvalue weighted by Crippen LogP contribution is -2.75. The first-order valence-corrected chi connectivity index (χ1v) is 10.2. The number of halogens is 6. The quantitative estimate of drug-likeness (QED) is 0.265. The molecule has 0 amide bonds. The molecule has 1 aromatic carbocycles.